The molecule has 136 valence electrons. The zero-order valence-corrected chi connectivity index (χ0v) is 14.5. The molecular formula is C19H15ClF3NO2. The standard InChI is InChI=1S/C19H15ClF3NO2/c1-13-7-8-16(20)17(10-13)26-12-18(25)24-9-3-5-14-4-2-6-15(11-14)19(21,22)23/h2,4,6-8,10-11H,9,12H2,1H3,(H,24,25). The number of nitrogens with one attached hydrogen (secondary N) is 1. The molecule has 0 saturated carbocycles. The number of aryl methyl sites for hydroxylation is 1. The normalized spacial score (nSPS) is 10.7. The second kappa shape index (κ2) is 8.63. The first-order valence-electron chi connectivity index (χ1n) is 7.57. The topological polar surface area (TPSA) is 38.3 Å². The summed E-state index contributed by atoms with van der Waals surface area (Å²) in [4.78, 5) is 11.7. The van der Waals surface area contributed by atoms with E-state index in [9.17, 15) is 18.0 Å². The van der Waals surface area contributed by atoms with Crippen molar-refractivity contribution in [3.63, 3.8) is 0 Å². The monoisotopic (exact) mass is 381 g/mol. The molecule has 0 heterocycles. The van der Waals surface area contributed by atoms with Crippen molar-refractivity contribution >= 4 is 17.5 Å². The van der Waals surface area contributed by atoms with E-state index >= 15 is 0 Å². The van der Waals surface area contributed by atoms with E-state index in [0.717, 1.165) is 17.7 Å². The van der Waals surface area contributed by atoms with Crippen molar-refractivity contribution in [3.8, 4) is 17.6 Å². The predicted molar refractivity (Wildman–Crippen MR) is 93.0 cm³/mol. The predicted octanol–water partition coefficient (Wildman–Crippen LogP) is 4.21. The van der Waals surface area contributed by atoms with Crippen LogP contribution in [0.15, 0.2) is 42.5 Å². The average Bonchev–Trinajstić information content (AvgIpc) is 2.59. The molecule has 1 amide bonds. The molecule has 26 heavy (non-hydrogen) atoms. The Kier molecular flexibility index (Phi) is 6.53. The van der Waals surface area contributed by atoms with Gasteiger partial charge in [-0.25, -0.2) is 0 Å². The molecule has 0 unspecified atom stereocenters. The molecule has 0 atom stereocenters. The largest absolute Gasteiger partial charge is 0.482 e. The minimum Gasteiger partial charge on any atom is -0.482 e. The van der Waals surface area contributed by atoms with Crippen LogP contribution >= 0.6 is 11.6 Å². The molecule has 2 aromatic rings. The highest BCUT2D eigenvalue weighted by molar-refractivity contribution is 6.32. The molecule has 0 radical (unpaired) electrons. The summed E-state index contributed by atoms with van der Waals surface area (Å²) in [6.07, 6.45) is -4.42. The Morgan fingerprint density at radius 2 is 2.00 bits per heavy atom. The summed E-state index contributed by atoms with van der Waals surface area (Å²) in [5.41, 5.74) is 0.394. The fourth-order valence-corrected chi connectivity index (χ4v) is 2.15. The second-order valence-electron chi connectivity index (χ2n) is 5.38. The van der Waals surface area contributed by atoms with Crippen LogP contribution in [0, 0.1) is 18.8 Å². The Bertz CT molecular complexity index is 854. The number of ether oxygens (including phenoxy) is 1. The summed E-state index contributed by atoms with van der Waals surface area (Å²) < 4.78 is 43.2. The van der Waals surface area contributed by atoms with Crippen molar-refractivity contribution in [3.05, 3.63) is 64.2 Å². The minimum absolute atomic E-state index is 0.0139. The number of rotatable bonds is 4. The fourth-order valence-electron chi connectivity index (χ4n) is 1.98. The molecule has 0 bridgehead atoms. The highest BCUT2D eigenvalue weighted by Crippen LogP contribution is 2.29. The minimum atomic E-state index is -4.42. The van der Waals surface area contributed by atoms with Crippen LogP contribution in [0.1, 0.15) is 16.7 Å². The first-order valence-corrected chi connectivity index (χ1v) is 7.95. The van der Waals surface area contributed by atoms with Crippen molar-refractivity contribution in [1.29, 1.82) is 0 Å². The van der Waals surface area contributed by atoms with Gasteiger partial charge in [0.05, 0.1) is 17.1 Å². The third-order valence-corrected chi connectivity index (χ3v) is 3.55. The van der Waals surface area contributed by atoms with Crippen molar-refractivity contribution in [2.24, 2.45) is 0 Å². The van der Waals surface area contributed by atoms with Gasteiger partial charge in [0.15, 0.2) is 6.61 Å². The van der Waals surface area contributed by atoms with Crippen LogP contribution in [0.2, 0.25) is 5.02 Å². The van der Waals surface area contributed by atoms with Gasteiger partial charge >= 0.3 is 6.18 Å². The molecule has 0 aliphatic rings. The summed E-state index contributed by atoms with van der Waals surface area (Å²) in [5.74, 6) is 5.16. The van der Waals surface area contributed by atoms with Gasteiger partial charge in [0, 0.05) is 5.56 Å². The number of carbonyl (C=O) groups excluding carboxylic acids is 1. The van der Waals surface area contributed by atoms with Gasteiger partial charge in [-0.15, -0.1) is 0 Å². The maximum absolute atomic E-state index is 12.6. The molecule has 7 heteroatoms. The van der Waals surface area contributed by atoms with Crippen LogP contribution < -0.4 is 10.1 Å². The summed E-state index contributed by atoms with van der Waals surface area (Å²) in [7, 11) is 0. The van der Waals surface area contributed by atoms with Crippen LogP contribution in [-0.2, 0) is 11.0 Å². The molecule has 2 rings (SSSR count). The van der Waals surface area contributed by atoms with Crippen molar-refractivity contribution in [1.82, 2.24) is 5.32 Å². The lowest BCUT2D eigenvalue weighted by molar-refractivity contribution is -0.137. The Morgan fingerprint density at radius 1 is 1.23 bits per heavy atom. The number of hydrogen-bond donors (Lipinski definition) is 1. The van der Waals surface area contributed by atoms with E-state index in [4.69, 9.17) is 16.3 Å². The van der Waals surface area contributed by atoms with Gasteiger partial charge in [-0.3, -0.25) is 4.79 Å². The molecule has 1 N–H and O–H groups in total. The number of hydrogen-bond acceptors (Lipinski definition) is 2. The Morgan fingerprint density at radius 3 is 2.73 bits per heavy atom. The lowest BCUT2D eigenvalue weighted by Gasteiger charge is -2.08. The lowest BCUT2D eigenvalue weighted by Crippen LogP contribution is -2.29. The Labute approximate surface area is 154 Å². The summed E-state index contributed by atoms with van der Waals surface area (Å²) in [6.45, 7) is 1.61. The van der Waals surface area contributed by atoms with E-state index < -0.39 is 17.6 Å². The molecule has 0 aliphatic carbocycles. The first kappa shape index (κ1) is 19.7. The lowest BCUT2D eigenvalue weighted by atomic mass is 10.1. The Hall–Kier alpha value is -2.65. The van der Waals surface area contributed by atoms with Gasteiger partial charge in [-0.05, 0) is 42.8 Å². The molecule has 3 nitrogen and oxygen atoms in total. The first-order chi connectivity index (χ1) is 12.3. The highest BCUT2D eigenvalue weighted by Gasteiger charge is 2.30. The third-order valence-electron chi connectivity index (χ3n) is 3.24. The van der Waals surface area contributed by atoms with Gasteiger partial charge in [0.25, 0.3) is 5.91 Å². The summed E-state index contributed by atoms with van der Waals surface area (Å²) in [5, 5.41) is 2.90. The molecule has 2 aromatic carbocycles. The Balaban J connectivity index is 1.84. The van der Waals surface area contributed by atoms with Crippen molar-refractivity contribution in [2.45, 2.75) is 13.1 Å². The quantitative estimate of drug-likeness (QED) is 0.805. The molecule has 0 aromatic heterocycles. The van der Waals surface area contributed by atoms with Gasteiger partial charge in [-0.1, -0.05) is 35.6 Å². The zero-order chi connectivity index (χ0) is 19.2. The smallest absolute Gasteiger partial charge is 0.416 e. The van der Waals surface area contributed by atoms with E-state index in [0.29, 0.717) is 10.8 Å². The molecule has 0 fully saturated rings. The van der Waals surface area contributed by atoms with E-state index in [1.807, 2.05) is 13.0 Å². The molecule has 0 saturated heterocycles. The highest BCUT2D eigenvalue weighted by atomic mass is 35.5. The third kappa shape index (κ3) is 6.01. The number of alkyl halides is 3. The van der Waals surface area contributed by atoms with Crippen molar-refractivity contribution in [2.75, 3.05) is 13.2 Å². The van der Waals surface area contributed by atoms with Crippen LogP contribution in [0.5, 0.6) is 5.75 Å². The van der Waals surface area contributed by atoms with Crippen molar-refractivity contribution < 1.29 is 22.7 Å². The maximum atomic E-state index is 12.6. The van der Waals surface area contributed by atoms with E-state index in [1.54, 1.807) is 12.1 Å². The number of halogens is 4. The number of benzene rings is 2. The SMILES string of the molecule is Cc1ccc(Cl)c(OCC(=O)NCC#Cc2cccc(C(F)(F)F)c2)c1. The van der Waals surface area contributed by atoms with E-state index in [1.165, 1.54) is 12.1 Å². The van der Waals surface area contributed by atoms with Crippen LogP contribution in [0.3, 0.4) is 0 Å². The second-order valence-corrected chi connectivity index (χ2v) is 5.79. The molecule has 0 aliphatic heterocycles. The average molecular weight is 382 g/mol. The zero-order valence-electron chi connectivity index (χ0n) is 13.8. The van der Waals surface area contributed by atoms with Gasteiger partial charge in [0.1, 0.15) is 5.75 Å². The fraction of sp³-hybridized carbons (Fsp3) is 0.211. The van der Waals surface area contributed by atoms with E-state index in [-0.39, 0.29) is 18.7 Å². The summed E-state index contributed by atoms with van der Waals surface area (Å²) in [6, 6.07) is 9.88. The van der Waals surface area contributed by atoms with Gasteiger partial charge < -0.3 is 10.1 Å². The van der Waals surface area contributed by atoms with E-state index in [2.05, 4.69) is 17.2 Å². The van der Waals surface area contributed by atoms with Crippen LogP contribution in [0.4, 0.5) is 13.2 Å². The molecule has 0 spiro atoms. The van der Waals surface area contributed by atoms with Crippen LogP contribution in [0.25, 0.3) is 0 Å². The van der Waals surface area contributed by atoms with Gasteiger partial charge in [0.2, 0.25) is 0 Å². The summed E-state index contributed by atoms with van der Waals surface area (Å²) >= 11 is 5.96. The van der Waals surface area contributed by atoms with Gasteiger partial charge in [-0.2, -0.15) is 13.2 Å². The maximum Gasteiger partial charge on any atom is 0.416 e. The van der Waals surface area contributed by atoms with Crippen LogP contribution in [-0.4, -0.2) is 19.1 Å². The number of carbonyl (C=O) groups is 1. The number of amides is 1. The molecular weight excluding hydrogens is 367 g/mol.